The molecule has 0 aliphatic heterocycles. The zero-order chi connectivity index (χ0) is 9.61. The van der Waals surface area contributed by atoms with Crippen LogP contribution < -0.4 is 10.6 Å². The van der Waals surface area contributed by atoms with Crippen LogP contribution in [0.25, 0.3) is 0 Å². The van der Waals surface area contributed by atoms with Crippen molar-refractivity contribution >= 4 is 29.9 Å². The summed E-state index contributed by atoms with van der Waals surface area (Å²) in [6.07, 6.45) is -4.20. The third-order valence-electron chi connectivity index (χ3n) is 1.02. The van der Waals surface area contributed by atoms with Crippen LogP contribution in [-0.2, 0) is 0 Å². The van der Waals surface area contributed by atoms with Gasteiger partial charge >= 0.3 is 6.18 Å². The molecule has 7 heteroatoms. The molecule has 0 bridgehead atoms. The van der Waals surface area contributed by atoms with Gasteiger partial charge in [-0.05, 0) is 6.92 Å². The van der Waals surface area contributed by atoms with E-state index in [0.29, 0.717) is 6.54 Å². The number of alkyl halides is 3. The Morgan fingerprint density at radius 3 is 2.15 bits per heavy atom. The van der Waals surface area contributed by atoms with Crippen LogP contribution in [0, 0.1) is 0 Å². The van der Waals surface area contributed by atoms with Crippen molar-refractivity contribution in [2.45, 2.75) is 13.1 Å². The number of guanidine groups is 1. The van der Waals surface area contributed by atoms with E-state index < -0.39 is 12.7 Å². The molecular formula is C6H13F3IN3. The zero-order valence-corrected chi connectivity index (χ0v) is 9.73. The number of hydrogen-bond acceptors (Lipinski definition) is 1. The SMILES string of the molecule is CCNC(=NC)NCC(F)(F)F.I. The molecule has 0 aromatic heterocycles. The van der Waals surface area contributed by atoms with Crippen molar-refractivity contribution in [2.75, 3.05) is 20.1 Å². The molecule has 0 rings (SSSR count). The highest BCUT2D eigenvalue weighted by atomic mass is 127. The van der Waals surface area contributed by atoms with E-state index in [9.17, 15) is 13.2 Å². The standard InChI is InChI=1S/C6H12F3N3.HI/c1-3-11-5(10-2)12-4-6(7,8)9;/h3-4H2,1-2H3,(H2,10,11,12);1H. The van der Waals surface area contributed by atoms with E-state index in [0.717, 1.165) is 0 Å². The van der Waals surface area contributed by atoms with Crippen molar-refractivity contribution in [2.24, 2.45) is 4.99 Å². The van der Waals surface area contributed by atoms with Crippen LogP contribution in [0.15, 0.2) is 4.99 Å². The van der Waals surface area contributed by atoms with Gasteiger partial charge in [0.25, 0.3) is 0 Å². The summed E-state index contributed by atoms with van der Waals surface area (Å²) in [5, 5.41) is 4.77. The van der Waals surface area contributed by atoms with Crippen LogP contribution in [-0.4, -0.2) is 32.3 Å². The Morgan fingerprint density at radius 2 is 1.85 bits per heavy atom. The average Bonchev–Trinajstić information content (AvgIpc) is 1.96. The molecule has 0 fully saturated rings. The number of aliphatic imine (C=N–C) groups is 1. The molecule has 80 valence electrons. The Kier molecular flexibility index (Phi) is 8.48. The number of rotatable bonds is 2. The molecule has 0 spiro atoms. The van der Waals surface area contributed by atoms with E-state index >= 15 is 0 Å². The molecule has 0 aromatic carbocycles. The fraction of sp³-hybridized carbons (Fsp3) is 0.833. The minimum atomic E-state index is -4.20. The second kappa shape index (κ2) is 7.22. The fourth-order valence-corrected chi connectivity index (χ4v) is 0.572. The summed E-state index contributed by atoms with van der Waals surface area (Å²) in [5.41, 5.74) is 0. The second-order valence-electron chi connectivity index (χ2n) is 2.07. The lowest BCUT2D eigenvalue weighted by atomic mass is 10.6. The van der Waals surface area contributed by atoms with Crippen molar-refractivity contribution in [3.05, 3.63) is 0 Å². The van der Waals surface area contributed by atoms with Crippen LogP contribution in [0.5, 0.6) is 0 Å². The number of nitrogens with zero attached hydrogens (tertiary/aromatic N) is 1. The van der Waals surface area contributed by atoms with E-state index in [-0.39, 0.29) is 29.9 Å². The molecule has 2 N–H and O–H groups in total. The molecule has 0 aliphatic rings. The van der Waals surface area contributed by atoms with Crippen LogP contribution >= 0.6 is 24.0 Å². The lowest BCUT2D eigenvalue weighted by Gasteiger charge is -2.11. The molecule has 0 heterocycles. The van der Waals surface area contributed by atoms with Gasteiger partial charge in [-0.2, -0.15) is 13.2 Å². The van der Waals surface area contributed by atoms with E-state index in [4.69, 9.17) is 0 Å². The molecule has 0 aliphatic carbocycles. The lowest BCUT2D eigenvalue weighted by molar-refractivity contribution is -0.122. The van der Waals surface area contributed by atoms with Crippen molar-refractivity contribution < 1.29 is 13.2 Å². The normalized spacial score (nSPS) is 11.9. The van der Waals surface area contributed by atoms with Gasteiger partial charge in [-0.3, -0.25) is 4.99 Å². The van der Waals surface area contributed by atoms with E-state index in [2.05, 4.69) is 15.6 Å². The Bertz CT molecular complexity index is 158. The first kappa shape index (κ1) is 15.3. The summed E-state index contributed by atoms with van der Waals surface area (Å²) in [6.45, 7) is 1.25. The largest absolute Gasteiger partial charge is 0.405 e. The van der Waals surface area contributed by atoms with Crippen LogP contribution in [0.2, 0.25) is 0 Å². The topological polar surface area (TPSA) is 36.4 Å². The number of nitrogens with one attached hydrogen (secondary N) is 2. The Labute approximate surface area is 92.2 Å². The first-order valence-corrected chi connectivity index (χ1v) is 3.51. The van der Waals surface area contributed by atoms with Gasteiger partial charge in [0.05, 0.1) is 0 Å². The van der Waals surface area contributed by atoms with Gasteiger partial charge in [0.2, 0.25) is 0 Å². The van der Waals surface area contributed by atoms with Crippen molar-refractivity contribution in [3.63, 3.8) is 0 Å². The van der Waals surface area contributed by atoms with Gasteiger partial charge in [0.15, 0.2) is 5.96 Å². The molecule has 0 saturated carbocycles. The van der Waals surface area contributed by atoms with Gasteiger partial charge in [0, 0.05) is 13.6 Å². The average molecular weight is 311 g/mol. The van der Waals surface area contributed by atoms with E-state index in [1.807, 2.05) is 0 Å². The minimum absolute atomic E-state index is 0. The van der Waals surface area contributed by atoms with Crippen molar-refractivity contribution in [3.8, 4) is 0 Å². The summed E-state index contributed by atoms with van der Waals surface area (Å²) in [6, 6.07) is 0. The highest BCUT2D eigenvalue weighted by Crippen LogP contribution is 2.11. The lowest BCUT2D eigenvalue weighted by Crippen LogP contribution is -2.41. The van der Waals surface area contributed by atoms with Gasteiger partial charge in [0.1, 0.15) is 6.54 Å². The van der Waals surface area contributed by atoms with Crippen LogP contribution in [0.4, 0.5) is 13.2 Å². The first-order valence-electron chi connectivity index (χ1n) is 3.51. The number of hydrogen-bond donors (Lipinski definition) is 2. The minimum Gasteiger partial charge on any atom is -0.357 e. The maximum absolute atomic E-state index is 11.6. The van der Waals surface area contributed by atoms with Crippen LogP contribution in [0.1, 0.15) is 6.92 Å². The molecule has 0 radical (unpaired) electrons. The molecule has 0 aromatic rings. The molecule has 13 heavy (non-hydrogen) atoms. The third kappa shape index (κ3) is 9.71. The first-order chi connectivity index (χ1) is 5.49. The van der Waals surface area contributed by atoms with Crippen molar-refractivity contribution in [1.82, 2.24) is 10.6 Å². The number of halogens is 4. The predicted molar refractivity (Wildman–Crippen MR) is 56.5 cm³/mol. The van der Waals surface area contributed by atoms with Crippen molar-refractivity contribution in [1.29, 1.82) is 0 Å². The Morgan fingerprint density at radius 1 is 1.31 bits per heavy atom. The Balaban J connectivity index is 0. The summed E-state index contributed by atoms with van der Waals surface area (Å²) in [4.78, 5) is 3.58. The fourth-order valence-electron chi connectivity index (χ4n) is 0.572. The molecule has 0 unspecified atom stereocenters. The van der Waals surface area contributed by atoms with E-state index in [1.54, 1.807) is 6.92 Å². The summed E-state index contributed by atoms with van der Waals surface area (Å²) < 4.78 is 34.9. The second-order valence-corrected chi connectivity index (χ2v) is 2.07. The quantitative estimate of drug-likeness (QED) is 0.459. The Hall–Kier alpha value is -0.210. The van der Waals surface area contributed by atoms with Gasteiger partial charge in [-0.15, -0.1) is 24.0 Å². The highest BCUT2D eigenvalue weighted by molar-refractivity contribution is 14.0. The summed E-state index contributed by atoms with van der Waals surface area (Å²) >= 11 is 0. The van der Waals surface area contributed by atoms with Gasteiger partial charge in [-0.25, -0.2) is 0 Å². The molecule has 0 amide bonds. The molecular weight excluding hydrogens is 298 g/mol. The highest BCUT2D eigenvalue weighted by Gasteiger charge is 2.26. The molecule has 3 nitrogen and oxygen atoms in total. The summed E-state index contributed by atoms with van der Waals surface area (Å²) in [7, 11) is 1.42. The molecule has 0 saturated heterocycles. The van der Waals surface area contributed by atoms with Crippen LogP contribution in [0.3, 0.4) is 0 Å². The predicted octanol–water partition coefficient (Wildman–Crippen LogP) is 1.35. The smallest absolute Gasteiger partial charge is 0.357 e. The summed E-state index contributed by atoms with van der Waals surface area (Å²) in [5.74, 6) is 0.162. The van der Waals surface area contributed by atoms with Gasteiger partial charge in [-0.1, -0.05) is 0 Å². The van der Waals surface area contributed by atoms with E-state index in [1.165, 1.54) is 7.05 Å². The van der Waals surface area contributed by atoms with Gasteiger partial charge < -0.3 is 10.6 Å². The molecule has 0 atom stereocenters. The zero-order valence-electron chi connectivity index (χ0n) is 7.40. The monoisotopic (exact) mass is 311 g/mol. The maximum Gasteiger partial charge on any atom is 0.405 e. The third-order valence-corrected chi connectivity index (χ3v) is 1.02. The maximum atomic E-state index is 11.6.